The van der Waals surface area contributed by atoms with Crippen molar-refractivity contribution >= 4 is 5.57 Å². The second-order valence-electron chi connectivity index (χ2n) is 3.57. The summed E-state index contributed by atoms with van der Waals surface area (Å²) < 4.78 is 10.7. The molecule has 1 rings (SSSR count). The van der Waals surface area contributed by atoms with E-state index in [2.05, 4.69) is 0 Å². The van der Waals surface area contributed by atoms with Crippen molar-refractivity contribution in [2.24, 2.45) is 0 Å². The summed E-state index contributed by atoms with van der Waals surface area (Å²) in [5.74, 6) is 1.45. The van der Waals surface area contributed by atoms with Crippen molar-refractivity contribution in [2.45, 2.75) is 13.8 Å². The van der Waals surface area contributed by atoms with Gasteiger partial charge in [-0.25, -0.2) is 0 Å². The van der Waals surface area contributed by atoms with Crippen LogP contribution >= 0.6 is 0 Å². The number of aryl methyl sites for hydroxylation is 1. The van der Waals surface area contributed by atoms with Crippen molar-refractivity contribution in [1.82, 2.24) is 0 Å². The zero-order valence-corrected chi connectivity index (χ0v) is 10.2. The van der Waals surface area contributed by atoms with Gasteiger partial charge in [0.15, 0.2) is 11.5 Å². The summed E-state index contributed by atoms with van der Waals surface area (Å²) in [6.07, 6.45) is 1.74. The smallest absolute Gasteiger partial charge is 0.168 e. The third-order valence-corrected chi connectivity index (χ3v) is 2.54. The van der Waals surface area contributed by atoms with Crippen molar-refractivity contribution in [2.75, 3.05) is 20.8 Å². The Morgan fingerprint density at radius 2 is 1.88 bits per heavy atom. The zero-order chi connectivity index (χ0) is 12.1. The van der Waals surface area contributed by atoms with Gasteiger partial charge in [-0.15, -0.1) is 0 Å². The van der Waals surface area contributed by atoms with Crippen LogP contribution in [0.5, 0.6) is 11.5 Å². The topological polar surface area (TPSA) is 38.7 Å². The maximum atomic E-state index is 8.89. The fourth-order valence-electron chi connectivity index (χ4n) is 1.67. The maximum Gasteiger partial charge on any atom is 0.168 e. The summed E-state index contributed by atoms with van der Waals surface area (Å²) in [4.78, 5) is 0. The number of ether oxygens (including phenoxy) is 2. The van der Waals surface area contributed by atoms with E-state index in [1.54, 1.807) is 20.3 Å². The minimum atomic E-state index is 0.0190. The van der Waals surface area contributed by atoms with Crippen LogP contribution in [0.3, 0.4) is 0 Å². The Bertz CT molecular complexity index is 394. The largest absolute Gasteiger partial charge is 0.493 e. The first-order valence-electron chi connectivity index (χ1n) is 5.15. The molecule has 0 aromatic heterocycles. The van der Waals surface area contributed by atoms with Crippen molar-refractivity contribution in [3.05, 3.63) is 29.3 Å². The lowest BCUT2D eigenvalue weighted by Gasteiger charge is -2.15. The maximum absolute atomic E-state index is 8.89. The van der Waals surface area contributed by atoms with Gasteiger partial charge < -0.3 is 14.6 Å². The third kappa shape index (κ3) is 2.36. The summed E-state index contributed by atoms with van der Waals surface area (Å²) in [6, 6.07) is 3.95. The molecule has 0 amide bonds. The van der Waals surface area contributed by atoms with Gasteiger partial charge in [0.05, 0.1) is 20.8 Å². The number of methoxy groups -OCH3 is 2. The number of rotatable bonds is 4. The molecule has 0 bridgehead atoms. The van der Waals surface area contributed by atoms with Crippen LogP contribution in [0.4, 0.5) is 0 Å². The van der Waals surface area contributed by atoms with Gasteiger partial charge in [0, 0.05) is 5.56 Å². The van der Waals surface area contributed by atoms with Crippen LogP contribution in [0.25, 0.3) is 5.57 Å². The molecule has 0 aliphatic heterocycles. The van der Waals surface area contributed by atoms with E-state index in [9.17, 15) is 0 Å². The highest BCUT2D eigenvalue weighted by molar-refractivity contribution is 5.73. The second-order valence-corrected chi connectivity index (χ2v) is 3.57. The van der Waals surface area contributed by atoms with Gasteiger partial charge in [-0.05, 0) is 25.0 Å². The predicted molar refractivity (Wildman–Crippen MR) is 65.0 cm³/mol. The highest BCUT2D eigenvalue weighted by Gasteiger charge is 2.13. The minimum Gasteiger partial charge on any atom is -0.493 e. The number of aliphatic hydroxyl groups excluding tert-OH is 1. The monoisotopic (exact) mass is 222 g/mol. The highest BCUT2D eigenvalue weighted by Crippen LogP contribution is 2.37. The Hall–Kier alpha value is -1.48. The Kier molecular flexibility index (Phi) is 4.38. The minimum absolute atomic E-state index is 0.0190. The first kappa shape index (κ1) is 12.6. The third-order valence-electron chi connectivity index (χ3n) is 2.54. The standard InChI is InChI=1S/C13H18O3/c1-9(7-8-14)11-6-5-10(2)12(15-3)13(11)16-4/h5-7,14H,8H2,1-4H3/b9-7+. The predicted octanol–water partition coefficient (Wildman–Crippen LogP) is 2.41. The average molecular weight is 222 g/mol. The van der Waals surface area contributed by atoms with Gasteiger partial charge in [-0.3, -0.25) is 0 Å². The summed E-state index contributed by atoms with van der Waals surface area (Å²) >= 11 is 0. The molecular weight excluding hydrogens is 204 g/mol. The Labute approximate surface area is 96.3 Å². The van der Waals surface area contributed by atoms with Gasteiger partial charge in [0.1, 0.15) is 0 Å². The molecule has 0 aliphatic rings. The summed E-state index contributed by atoms with van der Waals surface area (Å²) in [5, 5.41) is 8.89. The summed E-state index contributed by atoms with van der Waals surface area (Å²) in [6.45, 7) is 3.92. The number of aliphatic hydroxyl groups is 1. The van der Waals surface area contributed by atoms with Crippen LogP contribution in [-0.2, 0) is 0 Å². The lowest BCUT2D eigenvalue weighted by atomic mass is 10.0. The van der Waals surface area contributed by atoms with Crippen molar-refractivity contribution in [1.29, 1.82) is 0 Å². The molecule has 0 saturated carbocycles. The molecule has 1 aromatic carbocycles. The average Bonchev–Trinajstić information content (AvgIpc) is 2.28. The second kappa shape index (κ2) is 5.56. The molecule has 0 unspecified atom stereocenters. The van der Waals surface area contributed by atoms with E-state index in [0.717, 1.165) is 22.4 Å². The first-order valence-corrected chi connectivity index (χ1v) is 5.15. The van der Waals surface area contributed by atoms with Crippen molar-refractivity contribution in [3.8, 4) is 11.5 Å². The van der Waals surface area contributed by atoms with Gasteiger partial charge in [-0.2, -0.15) is 0 Å². The van der Waals surface area contributed by atoms with Crippen LogP contribution < -0.4 is 9.47 Å². The van der Waals surface area contributed by atoms with E-state index in [1.807, 2.05) is 26.0 Å². The number of hydrogen-bond donors (Lipinski definition) is 1. The molecule has 3 nitrogen and oxygen atoms in total. The van der Waals surface area contributed by atoms with Crippen molar-refractivity contribution < 1.29 is 14.6 Å². The number of benzene rings is 1. The fraction of sp³-hybridized carbons (Fsp3) is 0.385. The molecule has 0 radical (unpaired) electrons. The van der Waals surface area contributed by atoms with Crippen LogP contribution in [0, 0.1) is 6.92 Å². The van der Waals surface area contributed by atoms with E-state index in [0.29, 0.717) is 5.75 Å². The van der Waals surface area contributed by atoms with Crippen LogP contribution in [0.1, 0.15) is 18.1 Å². The van der Waals surface area contributed by atoms with E-state index >= 15 is 0 Å². The Morgan fingerprint density at radius 1 is 1.25 bits per heavy atom. The molecule has 0 spiro atoms. The van der Waals surface area contributed by atoms with Crippen LogP contribution in [0.2, 0.25) is 0 Å². The molecule has 0 saturated heterocycles. The van der Waals surface area contributed by atoms with E-state index in [-0.39, 0.29) is 6.61 Å². The lowest BCUT2D eigenvalue weighted by molar-refractivity contribution is 0.342. The van der Waals surface area contributed by atoms with Crippen LogP contribution in [0.15, 0.2) is 18.2 Å². The molecule has 0 heterocycles. The molecule has 1 aromatic rings. The van der Waals surface area contributed by atoms with Crippen LogP contribution in [-0.4, -0.2) is 25.9 Å². The molecule has 16 heavy (non-hydrogen) atoms. The summed E-state index contributed by atoms with van der Waals surface area (Å²) in [7, 11) is 3.24. The van der Waals surface area contributed by atoms with Gasteiger partial charge >= 0.3 is 0 Å². The molecule has 88 valence electrons. The molecule has 0 fully saturated rings. The fourth-order valence-corrected chi connectivity index (χ4v) is 1.67. The molecule has 3 heteroatoms. The van der Waals surface area contributed by atoms with Gasteiger partial charge in [-0.1, -0.05) is 18.2 Å². The normalized spacial score (nSPS) is 11.4. The molecule has 1 N–H and O–H groups in total. The van der Waals surface area contributed by atoms with E-state index in [4.69, 9.17) is 14.6 Å². The first-order chi connectivity index (χ1) is 7.65. The summed E-state index contributed by atoms with van der Waals surface area (Å²) in [5.41, 5.74) is 2.94. The SMILES string of the molecule is COc1c(C)ccc(/C(C)=C/CO)c1OC. The Morgan fingerprint density at radius 3 is 2.38 bits per heavy atom. The molecular formula is C13H18O3. The number of allylic oxidation sites excluding steroid dienone is 1. The molecule has 0 atom stereocenters. The molecule has 0 aliphatic carbocycles. The number of hydrogen-bond acceptors (Lipinski definition) is 3. The van der Waals surface area contributed by atoms with Gasteiger partial charge in [0.2, 0.25) is 0 Å². The lowest BCUT2D eigenvalue weighted by Crippen LogP contribution is -1.97. The van der Waals surface area contributed by atoms with E-state index in [1.165, 1.54) is 0 Å². The van der Waals surface area contributed by atoms with E-state index < -0.39 is 0 Å². The quantitative estimate of drug-likeness (QED) is 0.850. The highest BCUT2D eigenvalue weighted by atomic mass is 16.5. The Balaban J connectivity index is 3.35. The van der Waals surface area contributed by atoms with Gasteiger partial charge in [0.25, 0.3) is 0 Å². The van der Waals surface area contributed by atoms with Crippen molar-refractivity contribution in [3.63, 3.8) is 0 Å². The zero-order valence-electron chi connectivity index (χ0n) is 10.2.